The van der Waals surface area contributed by atoms with Crippen molar-refractivity contribution in [3.05, 3.63) is 30.3 Å². The van der Waals surface area contributed by atoms with Crippen LogP contribution in [0, 0.1) is 6.92 Å². The number of aromatic hydroxyl groups is 1. The summed E-state index contributed by atoms with van der Waals surface area (Å²) in [4.78, 5) is 3.83. The van der Waals surface area contributed by atoms with Crippen molar-refractivity contribution in [2.45, 2.75) is 18.8 Å². The zero-order valence-corrected chi connectivity index (χ0v) is 6.25. The second kappa shape index (κ2) is 2.22. The highest BCUT2D eigenvalue weighted by Gasteiger charge is 2.23. The molecular weight excluding hydrogens is 138 g/mol. The van der Waals surface area contributed by atoms with Crippen LogP contribution in [0.25, 0.3) is 0 Å². The zero-order valence-electron chi connectivity index (χ0n) is 6.25. The molecule has 1 heterocycles. The Hall–Kier alpha value is -1.05. The van der Waals surface area contributed by atoms with Crippen LogP contribution in [-0.4, -0.2) is 10.1 Å². The number of hydrogen-bond donors (Lipinski definition) is 1. The smallest absolute Gasteiger partial charge is 0.214 e. The third kappa shape index (κ3) is 1.20. The van der Waals surface area contributed by atoms with Gasteiger partial charge >= 0.3 is 0 Å². The van der Waals surface area contributed by atoms with E-state index in [1.54, 1.807) is 6.20 Å². The molecule has 0 unspecified atom stereocenters. The van der Waals surface area contributed by atoms with Crippen LogP contribution >= 0.6 is 0 Å². The fraction of sp³-hybridized carbons (Fsp3) is 0.333. The Morgan fingerprint density at radius 2 is 2.27 bits per heavy atom. The molecule has 0 saturated heterocycles. The summed E-state index contributed by atoms with van der Waals surface area (Å²) in [6.45, 7) is 3.68. The predicted octanol–water partition coefficient (Wildman–Crippen LogP) is 1.85. The van der Waals surface area contributed by atoms with E-state index in [2.05, 4.69) is 11.9 Å². The molecule has 2 rings (SSSR count). The number of aromatic nitrogens is 1. The molecule has 2 nitrogen and oxygen atoms in total. The molecule has 1 aliphatic carbocycles. The van der Waals surface area contributed by atoms with Gasteiger partial charge in [0, 0.05) is 11.8 Å². The molecule has 1 aliphatic rings. The van der Waals surface area contributed by atoms with Gasteiger partial charge in [0.05, 0.1) is 0 Å². The first-order valence-electron chi connectivity index (χ1n) is 3.78. The molecule has 0 aromatic carbocycles. The molecule has 0 bridgehead atoms. The van der Waals surface area contributed by atoms with Crippen LogP contribution in [0.2, 0.25) is 0 Å². The average molecular weight is 148 g/mol. The first-order valence-corrected chi connectivity index (χ1v) is 3.78. The SMILES string of the molecule is [CH2]c1cc(C2CC2)cnc1O. The van der Waals surface area contributed by atoms with Gasteiger partial charge in [-0.3, -0.25) is 0 Å². The standard InChI is InChI=1S/C9H10NO/c1-6-4-8(7-2-3-7)5-10-9(6)11/h4-5,7H,1-3H2,(H,10,11). The lowest BCUT2D eigenvalue weighted by atomic mass is 10.1. The molecule has 0 aliphatic heterocycles. The van der Waals surface area contributed by atoms with Crippen LogP contribution in [0.15, 0.2) is 12.3 Å². The van der Waals surface area contributed by atoms with Gasteiger partial charge in [-0.15, -0.1) is 0 Å². The largest absolute Gasteiger partial charge is 0.493 e. The van der Waals surface area contributed by atoms with Gasteiger partial charge in [-0.2, -0.15) is 0 Å². The average Bonchev–Trinajstić information content (AvgIpc) is 2.77. The second-order valence-electron chi connectivity index (χ2n) is 3.03. The highest BCUT2D eigenvalue weighted by molar-refractivity contribution is 5.34. The van der Waals surface area contributed by atoms with Crippen molar-refractivity contribution in [3.8, 4) is 5.88 Å². The topological polar surface area (TPSA) is 33.1 Å². The van der Waals surface area contributed by atoms with Crippen molar-refractivity contribution in [1.29, 1.82) is 0 Å². The molecule has 11 heavy (non-hydrogen) atoms. The molecule has 1 aromatic rings. The van der Waals surface area contributed by atoms with E-state index in [0.717, 1.165) is 0 Å². The van der Waals surface area contributed by atoms with Gasteiger partial charge in [-0.05, 0) is 37.3 Å². The van der Waals surface area contributed by atoms with Crippen LogP contribution in [-0.2, 0) is 0 Å². The van der Waals surface area contributed by atoms with Gasteiger partial charge in [0.15, 0.2) is 0 Å². The zero-order chi connectivity index (χ0) is 7.84. The van der Waals surface area contributed by atoms with Crippen molar-refractivity contribution in [3.63, 3.8) is 0 Å². The van der Waals surface area contributed by atoms with Crippen molar-refractivity contribution < 1.29 is 5.11 Å². The summed E-state index contributed by atoms with van der Waals surface area (Å²) in [7, 11) is 0. The van der Waals surface area contributed by atoms with Gasteiger partial charge in [0.2, 0.25) is 5.88 Å². The van der Waals surface area contributed by atoms with Crippen LogP contribution < -0.4 is 0 Å². The minimum Gasteiger partial charge on any atom is -0.493 e. The first kappa shape index (κ1) is 6.65. The Bertz CT molecular complexity index is 279. The van der Waals surface area contributed by atoms with Crippen LogP contribution in [0.3, 0.4) is 0 Å². The van der Waals surface area contributed by atoms with Crippen LogP contribution in [0.1, 0.15) is 29.9 Å². The quantitative estimate of drug-likeness (QED) is 0.659. The Balaban J connectivity index is 2.36. The summed E-state index contributed by atoms with van der Waals surface area (Å²) >= 11 is 0. The molecule has 57 valence electrons. The predicted molar refractivity (Wildman–Crippen MR) is 42.3 cm³/mol. The van der Waals surface area contributed by atoms with E-state index in [1.165, 1.54) is 18.4 Å². The Morgan fingerprint density at radius 1 is 1.55 bits per heavy atom. The van der Waals surface area contributed by atoms with E-state index < -0.39 is 0 Å². The maximum atomic E-state index is 9.07. The summed E-state index contributed by atoms with van der Waals surface area (Å²) in [6.07, 6.45) is 4.25. The molecule has 1 saturated carbocycles. The summed E-state index contributed by atoms with van der Waals surface area (Å²) in [6, 6.07) is 1.92. The Morgan fingerprint density at radius 3 is 2.82 bits per heavy atom. The normalized spacial score (nSPS) is 16.8. The van der Waals surface area contributed by atoms with Crippen molar-refractivity contribution in [2.24, 2.45) is 0 Å². The van der Waals surface area contributed by atoms with E-state index in [1.807, 2.05) is 6.07 Å². The van der Waals surface area contributed by atoms with Gasteiger partial charge in [0.25, 0.3) is 0 Å². The number of rotatable bonds is 1. The third-order valence-electron chi connectivity index (χ3n) is 2.01. The lowest BCUT2D eigenvalue weighted by Gasteiger charge is -1.99. The lowest BCUT2D eigenvalue weighted by Crippen LogP contribution is -1.85. The summed E-state index contributed by atoms with van der Waals surface area (Å²) in [5, 5.41) is 9.07. The van der Waals surface area contributed by atoms with E-state index in [4.69, 9.17) is 5.11 Å². The second-order valence-corrected chi connectivity index (χ2v) is 3.03. The summed E-state index contributed by atoms with van der Waals surface area (Å²) in [5.74, 6) is 0.734. The van der Waals surface area contributed by atoms with Crippen molar-refractivity contribution in [2.75, 3.05) is 0 Å². The maximum Gasteiger partial charge on any atom is 0.214 e. The third-order valence-corrected chi connectivity index (χ3v) is 2.01. The first-order chi connectivity index (χ1) is 5.27. The van der Waals surface area contributed by atoms with Crippen molar-refractivity contribution >= 4 is 0 Å². The molecule has 0 amide bonds. The highest BCUT2D eigenvalue weighted by Crippen LogP contribution is 2.40. The number of hydrogen-bond acceptors (Lipinski definition) is 2. The van der Waals surface area contributed by atoms with E-state index in [9.17, 15) is 0 Å². The van der Waals surface area contributed by atoms with Crippen molar-refractivity contribution in [1.82, 2.24) is 4.98 Å². The van der Waals surface area contributed by atoms with Gasteiger partial charge < -0.3 is 5.11 Å². The van der Waals surface area contributed by atoms with Gasteiger partial charge in [-0.1, -0.05) is 0 Å². The molecule has 2 heteroatoms. The van der Waals surface area contributed by atoms with E-state index in [0.29, 0.717) is 11.5 Å². The molecule has 1 N–H and O–H groups in total. The summed E-state index contributed by atoms with van der Waals surface area (Å²) in [5.41, 5.74) is 1.85. The highest BCUT2D eigenvalue weighted by atomic mass is 16.3. The maximum absolute atomic E-state index is 9.07. The molecule has 1 fully saturated rings. The van der Waals surface area contributed by atoms with Gasteiger partial charge in [-0.25, -0.2) is 4.98 Å². The molecule has 0 spiro atoms. The Labute approximate surface area is 65.9 Å². The monoisotopic (exact) mass is 148 g/mol. The summed E-state index contributed by atoms with van der Waals surface area (Å²) < 4.78 is 0. The number of nitrogens with zero attached hydrogens (tertiary/aromatic N) is 1. The molecular formula is C9H10NO. The Kier molecular flexibility index (Phi) is 1.34. The van der Waals surface area contributed by atoms with E-state index in [-0.39, 0.29) is 5.88 Å². The van der Waals surface area contributed by atoms with Crippen LogP contribution in [0.5, 0.6) is 5.88 Å². The van der Waals surface area contributed by atoms with E-state index >= 15 is 0 Å². The van der Waals surface area contributed by atoms with Crippen LogP contribution in [0.4, 0.5) is 0 Å². The van der Waals surface area contributed by atoms with Gasteiger partial charge in [0.1, 0.15) is 0 Å². The molecule has 1 radical (unpaired) electrons. The minimum absolute atomic E-state index is 0.0504. The lowest BCUT2D eigenvalue weighted by molar-refractivity contribution is 0.450. The fourth-order valence-corrected chi connectivity index (χ4v) is 1.16. The minimum atomic E-state index is 0.0504. The fourth-order valence-electron chi connectivity index (χ4n) is 1.16. The molecule has 1 aromatic heterocycles. The molecule has 0 atom stereocenters. The number of pyridine rings is 1.